The molecule has 1 aliphatic rings. The Morgan fingerprint density at radius 3 is 3.12 bits per heavy atom. The Labute approximate surface area is 94.4 Å². The molecule has 2 rings (SSSR count). The molecule has 0 aromatic heterocycles. The minimum Gasteiger partial charge on any atom is -0.493 e. The molecule has 0 spiro atoms. The highest BCUT2D eigenvalue weighted by Crippen LogP contribution is 2.26. The molecule has 0 bridgehead atoms. The summed E-state index contributed by atoms with van der Waals surface area (Å²) < 4.78 is 5.42. The Morgan fingerprint density at radius 1 is 1.56 bits per heavy atom. The summed E-state index contributed by atoms with van der Waals surface area (Å²) in [5, 5.41) is 8.66. The lowest BCUT2D eigenvalue weighted by atomic mass is 10.1. The van der Waals surface area contributed by atoms with Crippen molar-refractivity contribution in [1.82, 2.24) is 4.90 Å². The van der Waals surface area contributed by atoms with Crippen LogP contribution in [0.4, 0.5) is 0 Å². The monoisotopic (exact) mass is 221 g/mol. The van der Waals surface area contributed by atoms with Crippen LogP contribution >= 0.6 is 0 Å². The molecule has 0 saturated heterocycles. The number of aliphatic carboxylic acids is 1. The van der Waals surface area contributed by atoms with Gasteiger partial charge in [-0.1, -0.05) is 12.1 Å². The van der Waals surface area contributed by atoms with Crippen molar-refractivity contribution < 1.29 is 14.6 Å². The fourth-order valence-electron chi connectivity index (χ4n) is 1.94. The number of likely N-dealkylation sites (N-methyl/N-ethyl adjacent to an activating group) is 1. The molecule has 0 amide bonds. The van der Waals surface area contributed by atoms with Crippen LogP contribution in [0.5, 0.6) is 5.75 Å². The molecular weight excluding hydrogens is 206 g/mol. The lowest BCUT2D eigenvalue weighted by Crippen LogP contribution is -2.25. The first-order valence-corrected chi connectivity index (χ1v) is 5.30. The Morgan fingerprint density at radius 2 is 2.38 bits per heavy atom. The van der Waals surface area contributed by atoms with Gasteiger partial charge in [-0.15, -0.1) is 0 Å². The van der Waals surface area contributed by atoms with Gasteiger partial charge in [-0.05, 0) is 24.2 Å². The molecule has 4 heteroatoms. The lowest BCUT2D eigenvalue weighted by Gasteiger charge is -2.14. The second kappa shape index (κ2) is 4.53. The Hall–Kier alpha value is -1.55. The summed E-state index contributed by atoms with van der Waals surface area (Å²) in [6, 6.07) is 6.05. The average Bonchev–Trinajstić information content (AvgIpc) is 2.63. The van der Waals surface area contributed by atoms with E-state index in [2.05, 4.69) is 6.07 Å². The first-order valence-electron chi connectivity index (χ1n) is 5.30. The van der Waals surface area contributed by atoms with Crippen LogP contribution in [0.2, 0.25) is 0 Å². The smallest absolute Gasteiger partial charge is 0.317 e. The molecule has 4 nitrogen and oxygen atoms in total. The molecule has 0 unspecified atom stereocenters. The summed E-state index contributed by atoms with van der Waals surface area (Å²) in [5.41, 5.74) is 2.36. The predicted octanol–water partition coefficient (Wildman–Crippen LogP) is 1.14. The van der Waals surface area contributed by atoms with E-state index in [4.69, 9.17) is 9.84 Å². The van der Waals surface area contributed by atoms with E-state index in [1.54, 1.807) is 11.9 Å². The molecule has 86 valence electrons. The highest BCUT2D eigenvalue weighted by molar-refractivity contribution is 5.69. The number of carboxylic acid groups (broad SMARTS) is 1. The SMILES string of the molecule is CN(CC(=O)O)Cc1ccc2c(c1)CCO2. The van der Waals surface area contributed by atoms with E-state index in [9.17, 15) is 4.79 Å². The van der Waals surface area contributed by atoms with Crippen molar-refractivity contribution in [1.29, 1.82) is 0 Å². The summed E-state index contributed by atoms with van der Waals surface area (Å²) in [6.45, 7) is 1.47. The van der Waals surface area contributed by atoms with Crippen LogP contribution in [-0.4, -0.2) is 36.2 Å². The number of carboxylic acids is 1. The number of carbonyl (C=O) groups is 1. The molecule has 0 radical (unpaired) electrons. The Kier molecular flexibility index (Phi) is 3.10. The van der Waals surface area contributed by atoms with Gasteiger partial charge in [0.2, 0.25) is 0 Å². The van der Waals surface area contributed by atoms with Gasteiger partial charge in [0.1, 0.15) is 5.75 Å². The number of hydrogen-bond donors (Lipinski definition) is 1. The van der Waals surface area contributed by atoms with Crippen LogP contribution in [0, 0.1) is 0 Å². The van der Waals surface area contributed by atoms with Gasteiger partial charge >= 0.3 is 5.97 Å². The van der Waals surface area contributed by atoms with Crippen molar-refractivity contribution in [2.75, 3.05) is 20.2 Å². The van der Waals surface area contributed by atoms with Crippen molar-refractivity contribution in [3.05, 3.63) is 29.3 Å². The number of ether oxygens (including phenoxy) is 1. The first-order chi connectivity index (χ1) is 7.65. The molecular formula is C12H15NO3. The summed E-state index contributed by atoms with van der Waals surface area (Å²) in [5.74, 6) is 0.164. The molecule has 1 aromatic carbocycles. The van der Waals surface area contributed by atoms with Crippen molar-refractivity contribution in [3.8, 4) is 5.75 Å². The fourth-order valence-corrected chi connectivity index (χ4v) is 1.94. The molecule has 1 heterocycles. The van der Waals surface area contributed by atoms with Crippen molar-refractivity contribution in [2.45, 2.75) is 13.0 Å². The van der Waals surface area contributed by atoms with E-state index < -0.39 is 5.97 Å². The van der Waals surface area contributed by atoms with E-state index in [1.165, 1.54) is 5.56 Å². The molecule has 0 atom stereocenters. The van der Waals surface area contributed by atoms with Gasteiger partial charge in [-0.25, -0.2) is 0 Å². The molecule has 1 aliphatic heterocycles. The van der Waals surface area contributed by atoms with Crippen LogP contribution in [0.15, 0.2) is 18.2 Å². The standard InChI is InChI=1S/C12H15NO3/c1-13(8-12(14)15)7-9-2-3-11-10(6-9)4-5-16-11/h2-3,6H,4-5,7-8H2,1H3,(H,14,15). The van der Waals surface area contributed by atoms with Crippen LogP contribution in [0.1, 0.15) is 11.1 Å². The van der Waals surface area contributed by atoms with Crippen LogP contribution in [0.25, 0.3) is 0 Å². The maximum absolute atomic E-state index is 10.5. The summed E-state index contributed by atoms with van der Waals surface area (Å²) in [6.07, 6.45) is 0.950. The second-order valence-corrected chi connectivity index (χ2v) is 4.11. The minimum atomic E-state index is -0.799. The molecule has 1 aromatic rings. The van der Waals surface area contributed by atoms with Crippen LogP contribution in [-0.2, 0) is 17.8 Å². The summed E-state index contributed by atoms with van der Waals surface area (Å²) >= 11 is 0. The van der Waals surface area contributed by atoms with E-state index in [1.807, 2.05) is 12.1 Å². The zero-order valence-electron chi connectivity index (χ0n) is 9.27. The van der Waals surface area contributed by atoms with E-state index in [0.717, 1.165) is 24.3 Å². The molecule has 16 heavy (non-hydrogen) atoms. The zero-order chi connectivity index (χ0) is 11.5. The summed E-state index contributed by atoms with van der Waals surface area (Å²) in [4.78, 5) is 12.3. The topological polar surface area (TPSA) is 49.8 Å². The Balaban J connectivity index is 2.02. The van der Waals surface area contributed by atoms with Gasteiger partial charge in [0, 0.05) is 13.0 Å². The van der Waals surface area contributed by atoms with Crippen LogP contribution in [0.3, 0.4) is 0 Å². The molecule has 1 N–H and O–H groups in total. The summed E-state index contributed by atoms with van der Waals surface area (Å²) in [7, 11) is 1.80. The number of fused-ring (bicyclic) bond motifs is 1. The first kappa shape index (κ1) is 11.0. The van der Waals surface area contributed by atoms with Crippen molar-refractivity contribution in [3.63, 3.8) is 0 Å². The maximum Gasteiger partial charge on any atom is 0.317 e. The highest BCUT2D eigenvalue weighted by Gasteiger charge is 2.13. The van der Waals surface area contributed by atoms with Gasteiger partial charge in [0.05, 0.1) is 13.2 Å². The van der Waals surface area contributed by atoms with Crippen molar-refractivity contribution >= 4 is 5.97 Å². The van der Waals surface area contributed by atoms with E-state index in [0.29, 0.717) is 6.54 Å². The van der Waals surface area contributed by atoms with Gasteiger partial charge < -0.3 is 9.84 Å². The number of benzene rings is 1. The fraction of sp³-hybridized carbons (Fsp3) is 0.417. The zero-order valence-corrected chi connectivity index (χ0v) is 9.27. The largest absolute Gasteiger partial charge is 0.493 e. The Bertz CT molecular complexity index is 403. The number of nitrogens with zero attached hydrogens (tertiary/aromatic N) is 1. The maximum atomic E-state index is 10.5. The average molecular weight is 221 g/mol. The third kappa shape index (κ3) is 2.52. The van der Waals surface area contributed by atoms with Gasteiger partial charge in [-0.2, -0.15) is 0 Å². The molecule has 0 fully saturated rings. The van der Waals surface area contributed by atoms with E-state index in [-0.39, 0.29) is 6.54 Å². The van der Waals surface area contributed by atoms with Gasteiger partial charge in [-0.3, -0.25) is 9.69 Å². The van der Waals surface area contributed by atoms with Crippen molar-refractivity contribution in [2.24, 2.45) is 0 Å². The van der Waals surface area contributed by atoms with Gasteiger partial charge in [0.25, 0.3) is 0 Å². The number of rotatable bonds is 4. The third-order valence-corrected chi connectivity index (χ3v) is 2.61. The molecule has 0 saturated carbocycles. The predicted molar refractivity (Wildman–Crippen MR) is 59.6 cm³/mol. The quantitative estimate of drug-likeness (QED) is 0.828. The molecule has 0 aliphatic carbocycles. The number of hydrogen-bond acceptors (Lipinski definition) is 3. The van der Waals surface area contributed by atoms with E-state index >= 15 is 0 Å². The lowest BCUT2D eigenvalue weighted by molar-refractivity contribution is -0.138. The van der Waals surface area contributed by atoms with Crippen LogP contribution < -0.4 is 4.74 Å². The van der Waals surface area contributed by atoms with Gasteiger partial charge in [0.15, 0.2) is 0 Å². The highest BCUT2D eigenvalue weighted by atomic mass is 16.5. The normalized spacial score (nSPS) is 13.6. The second-order valence-electron chi connectivity index (χ2n) is 4.11. The minimum absolute atomic E-state index is 0.0631. The third-order valence-electron chi connectivity index (χ3n) is 2.61.